The first kappa shape index (κ1) is 11.2. The highest BCUT2D eigenvalue weighted by atomic mass is 16.4. The van der Waals surface area contributed by atoms with Crippen LogP contribution in [0.5, 0.6) is 0 Å². The third-order valence-corrected chi connectivity index (χ3v) is 3.52. The highest BCUT2D eigenvalue weighted by Gasteiger charge is 2.29. The molecular weight excluding hydrogens is 232 g/mol. The molecule has 0 radical (unpaired) electrons. The Kier molecular flexibility index (Phi) is 2.76. The highest BCUT2D eigenvalue weighted by molar-refractivity contribution is 5.78. The predicted molar refractivity (Wildman–Crippen MR) is 65.4 cm³/mol. The minimum atomic E-state index is -0.786. The Labute approximate surface area is 104 Å². The van der Waals surface area contributed by atoms with Gasteiger partial charge in [0.2, 0.25) is 5.71 Å². The Balaban J connectivity index is 1.92. The van der Waals surface area contributed by atoms with Gasteiger partial charge in [0.05, 0.1) is 6.26 Å². The summed E-state index contributed by atoms with van der Waals surface area (Å²) in [5.41, 5.74) is 1.70. The van der Waals surface area contributed by atoms with E-state index in [2.05, 4.69) is 10.3 Å². The summed E-state index contributed by atoms with van der Waals surface area (Å²) in [5, 5.41) is 13.1. The maximum absolute atomic E-state index is 11.0. The lowest BCUT2D eigenvalue weighted by Crippen LogP contribution is -2.42. The lowest BCUT2D eigenvalue weighted by Gasteiger charge is -2.27. The van der Waals surface area contributed by atoms with Gasteiger partial charge in [-0.25, -0.2) is 4.98 Å². The second kappa shape index (κ2) is 4.42. The zero-order valence-electron chi connectivity index (χ0n) is 9.80. The number of nitrogens with one attached hydrogen (secondary N) is 1. The highest BCUT2D eigenvalue weighted by Crippen LogP contribution is 2.33. The molecule has 0 aliphatic carbocycles. The third kappa shape index (κ3) is 1.86. The number of aliphatic carboxylic acids is 1. The van der Waals surface area contributed by atoms with Crippen LogP contribution in [0.25, 0.3) is 11.1 Å². The standard InChI is InChI=1S/C13H14N2O3/c16-13(17)11-6-8(3-5-14-11)10-7-18-12-9(10)2-1-4-15-12/h1-2,4,7-8,11,14H,3,5-6H2,(H,16,17). The lowest BCUT2D eigenvalue weighted by atomic mass is 9.86. The van der Waals surface area contributed by atoms with Crippen molar-refractivity contribution in [3.63, 3.8) is 0 Å². The summed E-state index contributed by atoms with van der Waals surface area (Å²) in [7, 11) is 0. The molecule has 94 valence electrons. The molecule has 5 nitrogen and oxygen atoms in total. The van der Waals surface area contributed by atoms with Gasteiger partial charge in [-0.1, -0.05) is 0 Å². The van der Waals surface area contributed by atoms with E-state index in [0.29, 0.717) is 18.7 Å². The van der Waals surface area contributed by atoms with E-state index in [1.807, 2.05) is 12.1 Å². The number of carbonyl (C=O) groups is 1. The molecule has 1 aliphatic heterocycles. The quantitative estimate of drug-likeness (QED) is 0.844. The van der Waals surface area contributed by atoms with E-state index in [9.17, 15) is 4.79 Å². The van der Waals surface area contributed by atoms with Crippen molar-refractivity contribution in [1.82, 2.24) is 10.3 Å². The molecule has 2 aromatic rings. The molecule has 0 bridgehead atoms. The van der Waals surface area contributed by atoms with Crippen molar-refractivity contribution < 1.29 is 14.3 Å². The first-order valence-electron chi connectivity index (χ1n) is 6.04. The van der Waals surface area contributed by atoms with E-state index < -0.39 is 12.0 Å². The summed E-state index contributed by atoms with van der Waals surface area (Å²) in [6, 6.07) is 3.38. The summed E-state index contributed by atoms with van der Waals surface area (Å²) < 4.78 is 5.42. The molecule has 0 amide bonds. The zero-order chi connectivity index (χ0) is 12.5. The van der Waals surface area contributed by atoms with E-state index in [1.54, 1.807) is 12.5 Å². The topological polar surface area (TPSA) is 75.4 Å². The van der Waals surface area contributed by atoms with Gasteiger partial charge in [-0.2, -0.15) is 0 Å². The van der Waals surface area contributed by atoms with E-state index in [0.717, 1.165) is 17.4 Å². The Hall–Kier alpha value is -1.88. The maximum Gasteiger partial charge on any atom is 0.320 e. The third-order valence-electron chi connectivity index (χ3n) is 3.52. The SMILES string of the molecule is O=C(O)C1CC(c2coc3ncccc23)CCN1. The largest absolute Gasteiger partial charge is 0.480 e. The minimum Gasteiger partial charge on any atom is -0.480 e. The van der Waals surface area contributed by atoms with Crippen LogP contribution < -0.4 is 5.32 Å². The molecule has 5 heteroatoms. The molecule has 3 heterocycles. The van der Waals surface area contributed by atoms with Crippen LogP contribution >= 0.6 is 0 Å². The number of furan rings is 1. The van der Waals surface area contributed by atoms with Crippen molar-refractivity contribution >= 4 is 17.1 Å². The van der Waals surface area contributed by atoms with Crippen LogP contribution in [-0.2, 0) is 4.79 Å². The van der Waals surface area contributed by atoms with Gasteiger partial charge in [0.25, 0.3) is 0 Å². The van der Waals surface area contributed by atoms with Crippen molar-refractivity contribution in [1.29, 1.82) is 0 Å². The first-order chi connectivity index (χ1) is 8.75. The molecule has 1 fully saturated rings. The maximum atomic E-state index is 11.0. The summed E-state index contributed by atoms with van der Waals surface area (Å²) in [6.45, 7) is 0.717. The van der Waals surface area contributed by atoms with Gasteiger partial charge < -0.3 is 14.8 Å². The number of hydrogen-bond acceptors (Lipinski definition) is 4. The normalized spacial score (nSPS) is 24.2. The van der Waals surface area contributed by atoms with Crippen LogP contribution in [0, 0.1) is 0 Å². The first-order valence-corrected chi connectivity index (χ1v) is 6.04. The van der Waals surface area contributed by atoms with Gasteiger partial charge >= 0.3 is 5.97 Å². The number of aromatic nitrogens is 1. The van der Waals surface area contributed by atoms with Crippen molar-refractivity contribution in [3.05, 3.63) is 30.2 Å². The van der Waals surface area contributed by atoms with Crippen molar-refractivity contribution in [2.45, 2.75) is 24.8 Å². The van der Waals surface area contributed by atoms with Gasteiger partial charge in [-0.15, -0.1) is 0 Å². The molecule has 0 saturated carbocycles. The Morgan fingerprint density at radius 2 is 2.44 bits per heavy atom. The van der Waals surface area contributed by atoms with Crippen LogP contribution in [0.1, 0.15) is 24.3 Å². The fraction of sp³-hybridized carbons (Fsp3) is 0.385. The second-order valence-electron chi connectivity index (χ2n) is 4.61. The molecular formula is C13H14N2O3. The minimum absolute atomic E-state index is 0.220. The van der Waals surface area contributed by atoms with Gasteiger partial charge in [-0.05, 0) is 37.4 Å². The number of piperidine rings is 1. The van der Waals surface area contributed by atoms with Crippen LogP contribution in [0.15, 0.2) is 29.0 Å². The number of fused-ring (bicyclic) bond motifs is 1. The van der Waals surface area contributed by atoms with Crippen molar-refractivity contribution in [2.24, 2.45) is 0 Å². The van der Waals surface area contributed by atoms with E-state index in [4.69, 9.17) is 9.52 Å². The van der Waals surface area contributed by atoms with Crippen LogP contribution in [0.2, 0.25) is 0 Å². The Bertz CT molecular complexity index is 578. The predicted octanol–water partition coefficient (Wildman–Crippen LogP) is 1.75. The molecule has 0 aromatic carbocycles. The van der Waals surface area contributed by atoms with E-state index in [1.165, 1.54) is 0 Å². The smallest absolute Gasteiger partial charge is 0.320 e. The van der Waals surface area contributed by atoms with E-state index >= 15 is 0 Å². The van der Waals surface area contributed by atoms with Gasteiger partial charge in [0.15, 0.2) is 0 Å². The van der Waals surface area contributed by atoms with Crippen LogP contribution in [-0.4, -0.2) is 28.6 Å². The number of nitrogens with zero attached hydrogens (tertiary/aromatic N) is 1. The summed E-state index contributed by atoms with van der Waals surface area (Å²) in [4.78, 5) is 15.2. The number of carboxylic acid groups (broad SMARTS) is 1. The molecule has 0 spiro atoms. The molecule has 3 rings (SSSR count). The van der Waals surface area contributed by atoms with E-state index in [-0.39, 0.29) is 5.92 Å². The average molecular weight is 246 g/mol. The molecule has 18 heavy (non-hydrogen) atoms. The van der Waals surface area contributed by atoms with Crippen LogP contribution in [0.4, 0.5) is 0 Å². The Morgan fingerprint density at radius 3 is 3.28 bits per heavy atom. The van der Waals surface area contributed by atoms with Crippen molar-refractivity contribution in [2.75, 3.05) is 6.54 Å². The summed E-state index contributed by atoms with van der Waals surface area (Å²) in [5.74, 6) is -0.566. The number of pyridine rings is 1. The number of hydrogen-bond donors (Lipinski definition) is 2. The summed E-state index contributed by atoms with van der Waals surface area (Å²) >= 11 is 0. The van der Waals surface area contributed by atoms with Gasteiger partial charge in [0, 0.05) is 17.1 Å². The Morgan fingerprint density at radius 1 is 1.56 bits per heavy atom. The summed E-state index contributed by atoms with van der Waals surface area (Å²) in [6.07, 6.45) is 4.93. The zero-order valence-corrected chi connectivity index (χ0v) is 9.80. The molecule has 2 N–H and O–H groups in total. The average Bonchev–Trinajstić information content (AvgIpc) is 2.82. The lowest BCUT2D eigenvalue weighted by molar-refractivity contribution is -0.140. The fourth-order valence-corrected chi connectivity index (χ4v) is 2.59. The molecule has 2 aromatic heterocycles. The number of rotatable bonds is 2. The molecule has 1 saturated heterocycles. The van der Waals surface area contributed by atoms with Gasteiger partial charge in [0.1, 0.15) is 6.04 Å². The molecule has 1 aliphatic rings. The van der Waals surface area contributed by atoms with Gasteiger partial charge in [-0.3, -0.25) is 4.79 Å². The van der Waals surface area contributed by atoms with Crippen LogP contribution in [0.3, 0.4) is 0 Å². The second-order valence-corrected chi connectivity index (χ2v) is 4.61. The number of carboxylic acids is 1. The fourth-order valence-electron chi connectivity index (χ4n) is 2.59. The molecule has 2 unspecified atom stereocenters. The molecule has 2 atom stereocenters. The van der Waals surface area contributed by atoms with Crippen molar-refractivity contribution in [3.8, 4) is 0 Å². The monoisotopic (exact) mass is 246 g/mol.